The quantitative estimate of drug-likeness (QED) is 0.827. The van der Waals surface area contributed by atoms with Gasteiger partial charge >= 0.3 is 0 Å². The Morgan fingerprint density at radius 1 is 1.39 bits per heavy atom. The third-order valence-corrected chi connectivity index (χ3v) is 5.91. The molecule has 2 aromatic heterocycles. The normalized spacial score (nSPS) is 15.8. The lowest BCUT2D eigenvalue weighted by Gasteiger charge is -2.30. The van der Waals surface area contributed by atoms with Gasteiger partial charge in [-0.1, -0.05) is 13.0 Å². The van der Waals surface area contributed by atoms with Gasteiger partial charge in [-0.25, -0.2) is 4.98 Å². The van der Waals surface area contributed by atoms with Crippen LogP contribution in [0.3, 0.4) is 0 Å². The van der Waals surface area contributed by atoms with Crippen LogP contribution in [0.5, 0.6) is 0 Å². The molecule has 0 atom stereocenters. The summed E-state index contributed by atoms with van der Waals surface area (Å²) in [6, 6.07) is 5.84. The fraction of sp³-hybridized carbons (Fsp3) is 0.471. The Kier molecular flexibility index (Phi) is 5.67. The molecule has 0 aromatic carbocycles. The number of pyridine rings is 1. The number of hydrogen-bond acceptors (Lipinski definition) is 5. The minimum atomic E-state index is 0.266. The molecule has 1 aliphatic heterocycles. The van der Waals surface area contributed by atoms with Crippen molar-refractivity contribution in [3.05, 3.63) is 35.5 Å². The Morgan fingerprint density at radius 2 is 2.22 bits per heavy atom. The van der Waals surface area contributed by atoms with Crippen molar-refractivity contribution in [2.45, 2.75) is 25.5 Å². The Labute approximate surface area is 145 Å². The Balaban J connectivity index is 1.46. The van der Waals surface area contributed by atoms with Crippen molar-refractivity contribution < 1.29 is 4.79 Å². The lowest BCUT2D eigenvalue weighted by molar-refractivity contribution is -0.129. The van der Waals surface area contributed by atoms with E-state index in [1.165, 1.54) is 0 Å². The van der Waals surface area contributed by atoms with Gasteiger partial charge in [0.1, 0.15) is 5.01 Å². The third kappa shape index (κ3) is 4.54. The van der Waals surface area contributed by atoms with E-state index >= 15 is 0 Å². The van der Waals surface area contributed by atoms with E-state index in [1.54, 1.807) is 29.3 Å². The van der Waals surface area contributed by atoms with Crippen LogP contribution in [0.25, 0.3) is 10.7 Å². The minimum Gasteiger partial charge on any atom is -0.342 e. The van der Waals surface area contributed by atoms with Crippen LogP contribution < -0.4 is 0 Å². The second kappa shape index (κ2) is 7.93. The van der Waals surface area contributed by atoms with Gasteiger partial charge in [-0.3, -0.25) is 9.78 Å². The number of rotatable bonds is 5. The molecule has 122 valence electrons. The molecular formula is C17H21N3OS2. The van der Waals surface area contributed by atoms with Gasteiger partial charge in [-0.05, 0) is 30.9 Å². The standard InChI is InChI=1S/C17H21N3OS2/c1-13-5-8-20(9-6-13)16(21)12-22-10-14-11-23-17(19-14)15-4-2-3-7-18-15/h2-4,7,11,13H,5-6,8-10,12H2,1H3. The Bertz CT molecular complexity index is 636. The summed E-state index contributed by atoms with van der Waals surface area (Å²) < 4.78 is 0. The van der Waals surface area contributed by atoms with Crippen molar-refractivity contribution in [1.29, 1.82) is 0 Å². The maximum atomic E-state index is 12.2. The van der Waals surface area contributed by atoms with Crippen LogP contribution in [-0.2, 0) is 10.5 Å². The molecule has 0 saturated carbocycles. The fourth-order valence-electron chi connectivity index (χ4n) is 2.57. The fourth-order valence-corrected chi connectivity index (χ4v) is 4.29. The zero-order valence-electron chi connectivity index (χ0n) is 13.3. The van der Waals surface area contributed by atoms with Crippen LogP contribution in [0.2, 0.25) is 0 Å². The Morgan fingerprint density at radius 3 is 2.96 bits per heavy atom. The summed E-state index contributed by atoms with van der Waals surface area (Å²) in [6.45, 7) is 4.10. The number of aromatic nitrogens is 2. The number of amides is 1. The molecule has 0 unspecified atom stereocenters. The Hall–Kier alpha value is -1.40. The van der Waals surface area contributed by atoms with Gasteiger partial charge in [-0.15, -0.1) is 23.1 Å². The van der Waals surface area contributed by atoms with Crippen LogP contribution in [0.15, 0.2) is 29.8 Å². The molecule has 1 amide bonds. The number of thioether (sulfide) groups is 1. The van der Waals surface area contributed by atoms with Gasteiger partial charge < -0.3 is 4.90 Å². The number of nitrogens with zero attached hydrogens (tertiary/aromatic N) is 3. The smallest absolute Gasteiger partial charge is 0.232 e. The highest BCUT2D eigenvalue weighted by Crippen LogP contribution is 2.24. The van der Waals surface area contributed by atoms with Crippen LogP contribution in [0.1, 0.15) is 25.5 Å². The maximum Gasteiger partial charge on any atom is 0.232 e. The molecule has 23 heavy (non-hydrogen) atoms. The van der Waals surface area contributed by atoms with Gasteiger partial charge in [0.25, 0.3) is 0 Å². The minimum absolute atomic E-state index is 0.266. The number of carbonyl (C=O) groups is 1. The first kappa shape index (κ1) is 16.5. The van der Waals surface area contributed by atoms with Crippen molar-refractivity contribution in [3.63, 3.8) is 0 Å². The average molecular weight is 348 g/mol. The maximum absolute atomic E-state index is 12.2. The summed E-state index contributed by atoms with van der Waals surface area (Å²) in [7, 11) is 0. The number of carbonyl (C=O) groups excluding carboxylic acids is 1. The van der Waals surface area contributed by atoms with E-state index in [-0.39, 0.29) is 5.91 Å². The van der Waals surface area contributed by atoms with Crippen molar-refractivity contribution in [2.24, 2.45) is 5.92 Å². The summed E-state index contributed by atoms with van der Waals surface area (Å²) in [6.07, 6.45) is 4.05. The van der Waals surface area contributed by atoms with Crippen LogP contribution >= 0.6 is 23.1 Å². The first-order chi connectivity index (χ1) is 11.2. The average Bonchev–Trinajstić information content (AvgIpc) is 3.05. The molecule has 0 spiro atoms. The van der Waals surface area contributed by atoms with E-state index in [0.717, 1.165) is 54.0 Å². The molecule has 3 heterocycles. The molecular weight excluding hydrogens is 326 g/mol. The van der Waals surface area contributed by atoms with Crippen LogP contribution in [0, 0.1) is 5.92 Å². The lowest BCUT2D eigenvalue weighted by Crippen LogP contribution is -2.38. The number of thiazole rings is 1. The molecule has 1 fully saturated rings. The van der Waals surface area contributed by atoms with Crippen molar-refractivity contribution >= 4 is 29.0 Å². The molecule has 4 nitrogen and oxygen atoms in total. The highest BCUT2D eigenvalue weighted by atomic mass is 32.2. The number of hydrogen-bond donors (Lipinski definition) is 0. The molecule has 0 aliphatic carbocycles. The lowest BCUT2D eigenvalue weighted by atomic mass is 9.99. The van der Waals surface area contributed by atoms with Gasteiger partial charge in [-0.2, -0.15) is 0 Å². The van der Waals surface area contributed by atoms with Gasteiger partial charge in [0, 0.05) is 30.4 Å². The van der Waals surface area contributed by atoms with Gasteiger partial charge in [0.05, 0.1) is 17.1 Å². The first-order valence-corrected chi connectivity index (χ1v) is 9.97. The molecule has 6 heteroatoms. The molecule has 1 aliphatic rings. The third-order valence-electron chi connectivity index (χ3n) is 4.05. The second-order valence-corrected chi connectivity index (χ2v) is 7.76. The summed E-state index contributed by atoms with van der Waals surface area (Å²) >= 11 is 3.26. The number of likely N-dealkylation sites (tertiary alicyclic amines) is 1. The summed E-state index contributed by atoms with van der Waals surface area (Å²) in [5.74, 6) is 2.35. The van der Waals surface area contributed by atoms with E-state index in [2.05, 4.69) is 22.3 Å². The van der Waals surface area contributed by atoms with E-state index in [1.807, 2.05) is 23.1 Å². The molecule has 1 saturated heterocycles. The summed E-state index contributed by atoms with van der Waals surface area (Å²) in [5.41, 5.74) is 1.94. The molecule has 0 bridgehead atoms. The van der Waals surface area contributed by atoms with Crippen LogP contribution in [-0.4, -0.2) is 39.6 Å². The van der Waals surface area contributed by atoms with Crippen LogP contribution in [0.4, 0.5) is 0 Å². The van der Waals surface area contributed by atoms with E-state index < -0.39 is 0 Å². The second-order valence-electron chi connectivity index (χ2n) is 5.92. The van der Waals surface area contributed by atoms with Gasteiger partial charge in [0.15, 0.2) is 0 Å². The first-order valence-electron chi connectivity index (χ1n) is 7.93. The molecule has 0 radical (unpaired) electrons. The molecule has 0 N–H and O–H groups in total. The van der Waals surface area contributed by atoms with Crippen molar-refractivity contribution in [3.8, 4) is 10.7 Å². The van der Waals surface area contributed by atoms with E-state index in [4.69, 9.17) is 0 Å². The summed E-state index contributed by atoms with van der Waals surface area (Å²) in [4.78, 5) is 23.1. The van der Waals surface area contributed by atoms with Crippen molar-refractivity contribution in [1.82, 2.24) is 14.9 Å². The molecule has 3 rings (SSSR count). The van der Waals surface area contributed by atoms with E-state index in [0.29, 0.717) is 5.75 Å². The zero-order chi connectivity index (χ0) is 16.1. The predicted octanol–water partition coefficient (Wildman–Crippen LogP) is 3.70. The highest BCUT2D eigenvalue weighted by molar-refractivity contribution is 7.99. The number of piperidine rings is 1. The zero-order valence-corrected chi connectivity index (χ0v) is 14.9. The van der Waals surface area contributed by atoms with Crippen molar-refractivity contribution in [2.75, 3.05) is 18.8 Å². The largest absolute Gasteiger partial charge is 0.342 e. The predicted molar refractivity (Wildman–Crippen MR) is 96.5 cm³/mol. The van der Waals surface area contributed by atoms with Gasteiger partial charge in [0.2, 0.25) is 5.91 Å². The van der Waals surface area contributed by atoms with E-state index in [9.17, 15) is 4.79 Å². The topological polar surface area (TPSA) is 46.1 Å². The SMILES string of the molecule is CC1CCN(C(=O)CSCc2csc(-c3ccccn3)n2)CC1. The molecule has 2 aromatic rings. The summed E-state index contributed by atoms with van der Waals surface area (Å²) in [5, 5.41) is 3.00. The monoisotopic (exact) mass is 347 g/mol. The highest BCUT2D eigenvalue weighted by Gasteiger charge is 2.20.